The Kier molecular flexibility index (Phi) is 4.91. The molecule has 0 bridgehead atoms. The van der Waals surface area contributed by atoms with Crippen LogP contribution in [-0.2, 0) is 16.0 Å². The lowest BCUT2D eigenvalue weighted by Gasteiger charge is -2.13. The van der Waals surface area contributed by atoms with Gasteiger partial charge in [-0.3, -0.25) is 9.59 Å². The summed E-state index contributed by atoms with van der Waals surface area (Å²) in [6, 6.07) is 2.80. The molecule has 0 aliphatic carbocycles. The molecule has 0 unspecified atom stereocenters. The molecule has 5 nitrogen and oxygen atoms in total. The fraction of sp³-hybridized carbons (Fsp3) is 0.385. The number of nitrogens with one attached hydrogen (secondary N) is 2. The second-order valence-electron chi connectivity index (χ2n) is 4.59. The van der Waals surface area contributed by atoms with Crippen LogP contribution in [0.2, 0.25) is 5.02 Å². The Morgan fingerprint density at radius 1 is 1.60 bits per heavy atom. The maximum absolute atomic E-state index is 11.9. The normalized spacial score (nSPS) is 14.7. The maximum atomic E-state index is 11.9. The Balaban J connectivity index is 2.08. The van der Waals surface area contributed by atoms with Gasteiger partial charge in [-0.15, -0.1) is 0 Å². The molecular weight excluding hydrogens is 298 g/mol. The van der Waals surface area contributed by atoms with E-state index in [1.54, 1.807) is 23.9 Å². The summed E-state index contributed by atoms with van der Waals surface area (Å²) in [5, 5.41) is 5.81. The topological polar surface area (TPSA) is 84.2 Å². The van der Waals surface area contributed by atoms with Gasteiger partial charge in [0.15, 0.2) is 0 Å². The van der Waals surface area contributed by atoms with Crippen molar-refractivity contribution in [1.29, 1.82) is 0 Å². The number of hydrogen-bond donors (Lipinski definition) is 3. The molecule has 108 valence electrons. The summed E-state index contributed by atoms with van der Waals surface area (Å²) in [6.45, 7) is 0. The molecule has 0 saturated heterocycles. The SMILES string of the molecule is CSCC[C@H](N)C(=O)Nc1cc2c(cc1Cl)NC(=O)C2. The summed E-state index contributed by atoms with van der Waals surface area (Å²) in [4.78, 5) is 23.3. The number of carbonyl (C=O) groups is 2. The van der Waals surface area contributed by atoms with E-state index in [-0.39, 0.29) is 11.8 Å². The summed E-state index contributed by atoms with van der Waals surface area (Å²) in [5.41, 5.74) is 7.82. The smallest absolute Gasteiger partial charge is 0.241 e. The molecule has 2 amide bonds. The molecule has 1 aromatic rings. The molecule has 2 rings (SSSR count). The Hall–Kier alpha value is -1.24. The molecule has 1 aliphatic rings. The first-order chi connectivity index (χ1) is 9.51. The second kappa shape index (κ2) is 6.47. The van der Waals surface area contributed by atoms with Crippen molar-refractivity contribution in [1.82, 2.24) is 0 Å². The third-order valence-electron chi connectivity index (χ3n) is 3.05. The number of fused-ring (bicyclic) bond motifs is 1. The predicted molar refractivity (Wildman–Crippen MR) is 83.4 cm³/mol. The first kappa shape index (κ1) is 15.2. The minimum atomic E-state index is -0.563. The summed E-state index contributed by atoms with van der Waals surface area (Å²) in [5.74, 6) is 0.486. The van der Waals surface area contributed by atoms with Gasteiger partial charge in [0, 0.05) is 5.69 Å². The van der Waals surface area contributed by atoms with Gasteiger partial charge in [-0.1, -0.05) is 11.6 Å². The Morgan fingerprint density at radius 3 is 3.05 bits per heavy atom. The van der Waals surface area contributed by atoms with E-state index in [0.29, 0.717) is 29.2 Å². The zero-order chi connectivity index (χ0) is 14.7. The standard InChI is InChI=1S/C13H16ClN3O2S/c1-20-3-2-9(15)13(19)17-11-4-7-5-12(18)16-10(7)6-8(11)14/h4,6,9H,2-3,5,15H2,1H3,(H,16,18)(H,17,19)/t9-/m0/s1. The number of thioether (sulfide) groups is 1. The molecular formula is C13H16ClN3O2S. The number of amides is 2. The molecule has 0 saturated carbocycles. The van der Waals surface area contributed by atoms with Gasteiger partial charge < -0.3 is 16.4 Å². The van der Waals surface area contributed by atoms with Gasteiger partial charge >= 0.3 is 0 Å². The molecule has 4 N–H and O–H groups in total. The van der Waals surface area contributed by atoms with Crippen LogP contribution in [0.4, 0.5) is 11.4 Å². The first-order valence-electron chi connectivity index (χ1n) is 6.19. The van der Waals surface area contributed by atoms with Crippen LogP contribution in [0, 0.1) is 0 Å². The number of hydrogen-bond acceptors (Lipinski definition) is 4. The van der Waals surface area contributed by atoms with Crippen LogP contribution in [0.3, 0.4) is 0 Å². The third-order valence-corrected chi connectivity index (χ3v) is 4.00. The molecule has 1 heterocycles. The zero-order valence-electron chi connectivity index (χ0n) is 11.0. The number of carbonyl (C=O) groups excluding carboxylic acids is 2. The van der Waals surface area contributed by atoms with Crippen LogP contribution in [-0.4, -0.2) is 29.9 Å². The minimum Gasteiger partial charge on any atom is -0.325 e. The minimum absolute atomic E-state index is 0.0729. The lowest BCUT2D eigenvalue weighted by molar-refractivity contribution is -0.117. The van der Waals surface area contributed by atoms with Gasteiger partial charge in [0.05, 0.1) is 23.2 Å². The third kappa shape index (κ3) is 3.45. The summed E-state index contributed by atoms with van der Waals surface area (Å²) in [7, 11) is 0. The Labute approximate surface area is 126 Å². The maximum Gasteiger partial charge on any atom is 0.241 e. The summed E-state index contributed by atoms with van der Waals surface area (Å²) >= 11 is 7.74. The van der Waals surface area contributed by atoms with Gasteiger partial charge in [0.2, 0.25) is 11.8 Å². The van der Waals surface area contributed by atoms with Crippen molar-refractivity contribution in [2.24, 2.45) is 5.73 Å². The highest BCUT2D eigenvalue weighted by atomic mass is 35.5. The first-order valence-corrected chi connectivity index (χ1v) is 7.96. The molecule has 1 aromatic carbocycles. The van der Waals surface area contributed by atoms with Crippen molar-refractivity contribution in [3.8, 4) is 0 Å². The van der Waals surface area contributed by atoms with E-state index >= 15 is 0 Å². The lowest BCUT2D eigenvalue weighted by atomic mass is 10.1. The fourth-order valence-electron chi connectivity index (χ4n) is 1.95. The largest absolute Gasteiger partial charge is 0.325 e. The number of nitrogens with two attached hydrogens (primary N) is 1. The van der Waals surface area contributed by atoms with Crippen molar-refractivity contribution in [2.45, 2.75) is 18.9 Å². The molecule has 0 aromatic heterocycles. The monoisotopic (exact) mass is 313 g/mol. The summed E-state index contributed by atoms with van der Waals surface area (Å²) < 4.78 is 0. The van der Waals surface area contributed by atoms with Crippen molar-refractivity contribution in [3.63, 3.8) is 0 Å². The van der Waals surface area contributed by atoms with E-state index in [9.17, 15) is 9.59 Å². The quantitative estimate of drug-likeness (QED) is 0.774. The average Bonchev–Trinajstić information content (AvgIpc) is 2.75. The molecule has 0 radical (unpaired) electrons. The van der Waals surface area contributed by atoms with Crippen molar-refractivity contribution < 1.29 is 9.59 Å². The van der Waals surface area contributed by atoms with E-state index < -0.39 is 6.04 Å². The van der Waals surface area contributed by atoms with Crippen LogP contribution in [0.5, 0.6) is 0 Å². The lowest BCUT2D eigenvalue weighted by Crippen LogP contribution is -2.36. The van der Waals surface area contributed by atoms with Crippen LogP contribution >= 0.6 is 23.4 Å². The van der Waals surface area contributed by atoms with Gasteiger partial charge in [-0.25, -0.2) is 0 Å². The van der Waals surface area contributed by atoms with Gasteiger partial charge in [-0.05, 0) is 36.1 Å². The van der Waals surface area contributed by atoms with Crippen LogP contribution in [0.1, 0.15) is 12.0 Å². The van der Waals surface area contributed by atoms with Crippen molar-refractivity contribution in [3.05, 3.63) is 22.7 Å². The average molecular weight is 314 g/mol. The van der Waals surface area contributed by atoms with E-state index in [1.807, 2.05) is 6.26 Å². The van der Waals surface area contributed by atoms with E-state index in [1.165, 1.54) is 0 Å². The Bertz CT molecular complexity index is 551. The molecule has 1 atom stereocenters. The van der Waals surface area contributed by atoms with Crippen LogP contribution in [0.25, 0.3) is 0 Å². The molecule has 0 spiro atoms. The highest BCUT2D eigenvalue weighted by Gasteiger charge is 2.21. The molecule has 1 aliphatic heterocycles. The van der Waals surface area contributed by atoms with Crippen molar-refractivity contribution >= 4 is 46.6 Å². The number of benzene rings is 1. The molecule has 20 heavy (non-hydrogen) atoms. The van der Waals surface area contributed by atoms with E-state index in [0.717, 1.165) is 11.3 Å². The highest BCUT2D eigenvalue weighted by molar-refractivity contribution is 7.98. The number of halogens is 1. The summed E-state index contributed by atoms with van der Waals surface area (Å²) in [6.07, 6.45) is 2.87. The highest BCUT2D eigenvalue weighted by Crippen LogP contribution is 2.32. The number of anilines is 2. The number of rotatable bonds is 5. The van der Waals surface area contributed by atoms with E-state index in [2.05, 4.69) is 10.6 Å². The van der Waals surface area contributed by atoms with E-state index in [4.69, 9.17) is 17.3 Å². The Morgan fingerprint density at radius 2 is 2.35 bits per heavy atom. The van der Waals surface area contributed by atoms with Gasteiger partial charge in [0.25, 0.3) is 0 Å². The van der Waals surface area contributed by atoms with Gasteiger partial charge in [0.1, 0.15) is 0 Å². The van der Waals surface area contributed by atoms with Crippen LogP contribution < -0.4 is 16.4 Å². The van der Waals surface area contributed by atoms with Crippen molar-refractivity contribution in [2.75, 3.05) is 22.6 Å². The molecule has 7 heteroatoms. The molecule has 0 fully saturated rings. The van der Waals surface area contributed by atoms with Crippen LogP contribution in [0.15, 0.2) is 12.1 Å². The van der Waals surface area contributed by atoms with Gasteiger partial charge in [-0.2, -0.15) is 11.8 Å². The zero-order valence-corrected chi connectivity index (χ0v) is 12.6. The second-order valence-corrected chi connectivity index (χ2v) is 5.98. The predicted octanol–water partition coefficient (Wildman–Crippen LogP) is 1.85. The fourth-order valence-corrected chi connectivity index (χ4v) is 2.65.